The second-order valence-corrected chi connectivity index (χ2v) is 5.85. The third-order valence-corrected chi connectivity index (χ3v) is 4.57. The molecule has 0 radical (unpaired) electrons. The fourth-order valence-corrected chi connectivity index (χ4v) is 3.53. The number of benzene rings is 1. The number of fused-ring (bicyclic) bond motifs is 1. The van der Waals surface area contributed by atoms with Crippen molar-refractivity contribution in [1.29, 1.82) is 0 Å². The molecule has 116 valence electrons. The predicted molar refractivity (Wildman–Crippen MR) is 84.2 cm³/mol. The summed E-state index contributed by atoms with van der Waals surface area (Å²) in [7, 11) is 0. The van der Waals surface area contributed by atoms with Gasteiger partial charge < -0.3 is 4.74 Å². The molecule has 1 atom stereocenters. The minimum Gasteiger partial charge on any atom is -0.465 e. The van der Waals surface area contributed by atoms with E-state index in [2.05, 4.69) is 0 Å². The zero-order chi connectivity index (χ0) is 15.6. The van der Waals surface area contributed by atoms with Crippen LogP contribution in [0.2, 0.25) is 0 Å². The minimum atomic E-state index is -0.655. The Morgan fingerprint density at radius 2 is 2.05 bits per heavy atom. The largest absolute Gasteiger partial charge is 0.465 e. The summed E-state index contributed by atoms with van der Waals surface area (Å²) in [5, 5.41) is 0. The molecular formula is C18H21NO3. The van der Waals surface area contributed by atoms with Gasteiger partial charge in [0.05, 0.1) is 6.61 Å². The Balaban J connectivity index is 2.05. The Labute approximate surface area is 130 Å². The smallest absolute Gasteiger partial charge is 0.318 e. The number of carbonyl (C=O) groups excluding carboxylic acids is 2. The number of hydrogen-bond donors (Lipinski definition) is 0. The molecule has 4 nitrogen and oxygen atoms in total. The topological polar surface area (TPSA) is 46.6 Å². The Morgan fingerprint density at radius 3 is 2.77 bits per heavy atom. The van der Waals surface area contributed by atoms with Gasteiger partial charge in [-0.3, -0.25) is 14.5 Å². The molecule has 1 amide bonds. The lowest BCUT2D eigenvalue weighted by Crippen LogP contribution is -2.50. The third-order valence-electron chi connectivity index (χ3n) is 4.57. The second-order valence-electron chi connectivity index (χ2n) is 5.85. The summed E-state index contributed by atoms with van der Waals surface area (Å²) in [5.74, 6) is -0.131. The number of anilines is 1. The molecule has 3 rings (SSSR count). The van der Waals surface area contributed by atoms with Gasteiger partial charge in [0.2, 0.25) is 5.91 Å². The molecule has 22 heavy (non-hydrogen) atoms. The van der Waals surface area contributed by atoms with Crippen LogP contribution in [0.5, 0.6) is 0 Å². The molecule has 1 aromatic carbocycles. The number of amides is 1. The average molecular weight is 299 g/mol. The molecule has 0 N–H and O–H groups in total. The number of para-hydroxylation sites is 1. The van der Waals surface area contributed by atoms with Gasteiger partial charge in [-0.05, 0) is 44.7 Å². The van der Waals surface area contributed by atoms with Crippen LogP contribution in [0.3, 0.4) is 0 Å². The van der Waals surface area contributed by atoms with E-state index in [0.29, 0.717) is 19.4 Å². The lowest BCUT2D eigenvalue weighted by atomic mass is 9.69. The van der Waals surface area contributed by atoms with E-state index in [-0.39, 0.29) is 11.9 Å². The SMILES string of the molecule is CCOC(=O)[C@]12CCCC=C1N(c1ccccc1)C(=O)CC2. The highest BCUT2D eigenvalue weighted by atomic mass is 16.5. The van der Waals surface area contributed by atoms with Crippen molar-refractivity contribution in [2.75, 3.05) is 11.5 Å². The first kappa shape index (κ1) is 14.8. The molecule has 1 saturated heterocycles. The highest BCUT2D eigenvalue weighted by molar-refractivity contribution is 6.01. The van der Waals surface area contributed by atoms with Gasteiger partial charge in [0, 0.05) is 17.8 Å². The summed E-state index contributed by atoms with van der Waals surface area (Å²) in [4.78, 5) is 26.9. The van der Waals surface area contributed by atoms with E-state index in [1.807, 2.05) is 43.3 Å². The molecule has 0 aromatic heterocycles. The summed E-state index contributed by atoms with van der Waals surface area (Å²) in [6.07, 6.45) is 5.59. The van der Waals surface area contributed by atoms with Crippen LogP contribution in [0.1, 0.15) is 39.0 Å². The molecular weight excluding hydrogens is 278 g/mol. The lowest BCUT2D eigenvalue weighted by molar-refractivity contribution is -0.155. The van der Waals surface area contributed by atoms with E-state index in [9.17, 15) is 9.59 Å². The van der Waals surface area contributed by atoms with Crippen molar-refractivity contribution < 1.29 is 14.3 Å². The van der Waals surface area contributed by atoms with Gasteiger partial charge in [0.25, 0.3) is 0 Å². The fourth-order valence-electron chi connectivity index (χ4n) is 3.53. The van der Waals surface area contributed by atoms with Crippen molar-refractivity contribution in [3.05, 3.63) is 42.1 Å². The zero-order valence-electron chi connectivity index (χ0n) is 12.9. The van der Waals surface area contributed by atoms with Crippen LogP contribution in [0.15, 0.2) is 42.1 Å². The lowest BCUT2D eigenvalue weighted by Gasteiger charge is -2.45. The molecule has 1 heterocycles. The van der Waals surface area contributed by atoms with Gasteiger partial charge in [0.15, 0.2) is 0 Å². The van der Waals surface area contributed by atoms with E-state index < -0.39 is 5.41 Å². The quantitative estimate of drug-likeness (QED) is 0.803. The van der Waals surface area contributed by atoms with Gasteiger partial charge >= 0.3 is 5.97 Å². The fraction of sp³-hybridized carbons (Fsp3) is 0.444. The van der Waals surface area contributed by atoms with Crippen molar-refractivity contribution in [1.82, 2.24) is 0 Å². The second kappa shape index (κ2) is 5.95. The molecule has 1 aliphatic carbocycles. The van der Waals surface area contributed by atoms with Crippen LogP contribution in [0.25, 0.3) is 0 Å². The maximum atomic E-state index is 12.6. The summed E-state index contributed by atoms with van der Waals surface area (Å²) in [5.41, 5.74) is 0.992. The van der Waals surface area contributed by atoms with Crippen molar-refractivity contribution in [2.24, 2.45) is 5.41 Å². The predicted octanol–water partition coefficient (Wildman–Crippen LogP) is 3.43. The van der Waals surface area contributed by atoms with Crippen LogP contribution in [0.4, 0.5) is 5.69 Å². The molecule has 1 aromatic rings. The summed E-state index contributed by atoms with van der Waals surface area (Å²) >= 11 is 0. The Hall–Kier alpha value is -2.10. The molecule has 0 unspecified atom stereocenters. The van der Waals surface area contributed by atoms with E-state index in [1.54, 1.807) is 4.90 Å². The normalized spacial score (nSPS) is 24.5. The molecule has 2 aliphatic rings. The van der Waals surface area contributed by atoms with Gasteiger partial charge in [-0.2, -0.15) is 0 Å². The van der Waals surface area contributed by atoms with Crippen LogP contribution in [0, 0.1) is 5.41 Å². The van der Waals surface area contributed by atoms with Gasteiger partial charge in [-0.15, -0.1) is 0 Å². The first-order chi connectivity index (χ1) is 10.7. The Kier molecular flexibility index (Phi) is 4.01. The minimum absolute atomic E-state index is 0.0549. The van der Waals surface area contributed by atoms with Crippen molar-refractivity contribution in [3.63, 3.8) is 0 Å². The molecule has 0 spiro atoms. The molecule has 1 aliphatic heterocycles. The highest BCUT2D eigenvalue weighted by Crippen LogP contribution is 2.48. The Bertz CT molecular complexity index is 608. The van der Waals surface area contributed by atoms with Crippen LogP contribution in [-0.2, 0) is 14.3 Å². The number of hydrogen-bond acceptors (Lipinski definition) is 3. The first-order valence-corrected chi connectivity index (χ1v) is 7.95. The van der Waals surface area contributed by atoms with Gasteiger partial charge in [0.1, 0.15) is 5.41 Å². The summed E-state index contributed by atoms with van der Waals surface area (Å²) < 4.78 is 5.34. The van der Waals surface area contributed by atoms with E-state index >= 15 is 0 Å². The monoisotopic (exact) mass is 299 g/mol. The standard InChI is InChI=1S/C18H21NO3/c1-2-22-17(21)18-12-7-6-10-15(18)19(16(20)11-13-18)14-8-4-3-5-9-14/h3-5,8-10H,2,6-7,11-13H2,1H3/t18-/m0/s1. The van der Waals surface area contributed by atoms with E-state index in [1.165, 1.54) is 0 Å². The first-order valence-electron chi connectivity index (χ1n) is 7.95. The van der Waals surface area contributed by atoms with Gasteiger partial charge in [-0.1, -0.05) is 24.3 Å². The van der Waals surface area contributed by atoms with Crippen LogP contribution >= 0.6 is 0 Å². The highest BCUT2D eigenvalue weighted by Gasteiger charge is 2.51. The number of allylic oxidation sites excluding steroid dienone is 1. The molecule has 4 heteroatoms. The summed E-state index contributed by atoms with van der Waals surface area (Å²) in [6, 6.07) is 9.56. The third kappa shape index (κ3) is 2.32. The Morgan fingerprint density at radius 1 is 1.27 bits per heavy atom. The van der Waals surface area contributed by atoms with Crippen molar-refractivity contribution in [2.45, 2.75) is 39.0 Å². The maximum absolute atomic E-state index is 12.6. The van der Waals surface area contributed by atoms with Crippen LogP contribution in [-0.4, -0.2) is 18.5 Å². The van der Waals surface area contributed by atoms with Crippen molar-refractivity contribution in [3.8, 4) is 0 Å². The van der Waals surface area contributed by atoms with E-state index in [0.717, 1.165) is 30.6 Å². The maximum Gasteiger partial charge on any atom is 0.318 e. The summed E-state index contributed by atoms with van der Waals surface area (Å²) in [6.45, 7) is 2.19. The number of rotatable bonds is 3. The number of ether oxygens (including phenoxy) is 1. The van der Waals surface area contributed by atoms with E-state index in [4.69, 9.17) is 4.74 Å². The number of carbonyl (C=O) groups is 2. The molecule has 0 saturated carbocycles. The number of nitrogens with zero attached hydrogens (tertiary/aromatic N) is 1. The van der Waals surface area contributed by atoms with Crippen LogP contribution < -0.4 is 4.90 Å². The average Bonchev–Trinajstić information content (AvgIpc) is 2.56. The zero-order valence-corrected chi connectivity index (χ0v) is 12.9. The molecule has 1 fully saturated rings. The van der Waals surface area contributed by atoms with Crippen molar-refractivity contribution >= 4 is 17.6 Å². The van der Waals surface area contributed by atoms with Gasteiger partial charge in [-0.25, -0.2) is 0 Å². The number of esters is 1. The molecule has 0 bridgehead atoms. The number of piperidine rings is 1.